The van der Waals surface area contributed by atoms with Gasteiger partial charge in [0.05, 0.1) is 9.82 Å². The molecule has 0 aromatic heterocycles. The van der Waals surface area contributed by atoms with Crippen molar-refractivity contribution in [1.82, 2.24) is 9.62 Å². The van der Waals surface area contributed by atoms with Crippen molar-refractivity contribution in [1.29, 1.82) is 0 Å². The molecular weight excluding hydrogens is 320 g/mol. The normalized spacial score (nSPS) is 15.9. The Balaban J connectivity index is 2.45. The Bertz CT molecular complexity index is 667. The van der Waals surface area contributed by atoms with E-state index in [0.29, 0.717) is 31.9 Å². The van der Waals surface area contributed by atoms with Gasteiger partial charge in [0.25, 0.3) is 5.69 Å². The van der Waals surface area contributed by atoms with Gasteiger partial charge in [-0.3, -0.25) is 10.1 Å². The lowest BCUT2D eigenvalue weighted by atomic mass is 10.2. The van der Waals surface area contributed by atoms with Crippen LogP contribution in [0.2, 0.25) is 0 Å². The van der Waals surface area contributed by atoms with Crippen LogP contribution < -0.4 is 10.2 Å². The lowest BCUT2D eigenvalue weighted by Gasteiger charge is -2.29. The van der Waals surface area contributed by atoms with Crippen LogP contribution in [0.4, 0.5) is 11.4 Å². The average Bonchev–Trinajstić information content (AvgIpc) is 2.56. The topological polar surface area (TPSA) is 95.8 Å². The number of nitro groups is 1. The lowest BCUT2D eigenvalue weighted by molar-refractivity contribution is -0.384. The second-order valence-corrected chi connectivity index (χ2v) is 7.17. The molecule has 0 spiro atoms. The van der Waals surface area contributed by atoms with E-state index in [9.17, 15) is 18.5 Å². The molecule has 0 saturated carbocycles. The molecule has 23 heavy (non-hydrogen) atoms. The molecule has 0 radical (unpaired) electrons. The molecule has 1 aromatic rings. The number of sulfonamides is 1. The smallest absolute Gasteiger partial charge is 0.293 e. The van der Waals surface area contributed by atoms with E-state index < -0.39 is 14.9 Å². The minimum Gasteiger partial charge on any atom is -0.363 e. The van der Waals surface area contributed by atoms with Crippen LogP contribution >= 0.6 is 0 Å². The van der Waals surface area contributed by atoms with Crippen LogP contribution in [0.25, 0.3) is 0 Å². The number of benzene rings is 1. The lowest BCUT2D eigenvalue weighted by Crippen LogP contribution is -2.43. The van der Waals surface area contributed by atoms with E-state index in [0.717, 1.165) is 13.1 Å². The maximum Gasteiger partial charge on any atom is 0.293 e. The molecule has 1 aliphatic rings. The van der Waals surface area contributed by atoms with E-state index in [1.165, 1.54) is 16.4 Å². The molecule has 128 valence electrons. The highest BCUT2D eigenvalue weighted by molar-refractivity contribution is 7.89. The van der Waals surface area contributed by atoms with E-state index in [4.69, 9.17) is 0 Å². The molecule has 1 aliphatic heterocycles. The molecule has 9 heteroatoms. The monoisotopic (exact) mass is 342 g/mol. The van der Waals surface area contributed by atoms with Gasteiger partial charge in [0.15, 0.2) is 0 Å². The first-order chi connectivity index (χ1) is 10.9. The predicted molar refractivity (Wildman–Crippen MR) is 88.3 cm³/mol. The van der Waals surface area contributed by atoms with Gasteiger partial charge in [0.2, 0.25) is 10.0 Å². The summed E-state index contributed by atoms with van der Waals surface area (Å²) in [6.45, 7) is 6.94. The summed E-state index contributed by atoms with van der Waals surface area (Å²) in [6.07, 6.45) is 0. The molecule has 1 heterocycles. The van der Waals surface area contributed by atoms with Gasteiger partial charge in [-0.25, -0.2) is 8.42 Å². The third-order valence-electron chi connectivity index (χ3n) is 3.94. The maximum absolute atomic E-state index is 12.5. The van der Waals surface area contributed by atoms with Crippen LogP contribution in [0.5, 0.6) is 0 Å². The molecule has 0 amide bonds. The Labute approximate surface area is 136 Å². The van der Waals surface area contributed by atoms with Gasteiger partial charge in [0, 0.05) is 45.3 Å². The summed E-state index contributed by atoms with van der Waals surface area (Å²) in [4.78, 5) is 12.8. The van der Waals surface area contributed by atoms with E-state index in [1.807, 2.05) is 4.90 Å². The van der Waals surface area contributed by atoms with Crippen molar-refractivity contribution < 1.29 is 13.3 Å². The highest BCUT2D eigenvalue weighted by Crippen LogP contribution is 2.32. The van der Waals surface area contributed by atoms with Crippen molar-refractivity contribution in [3.8, 4) is 0 Å². The van der Waals surface area contributed by atoms with Crippen molar-refractivity contribution >= 4 is 21.4 Å². The zero-order valence-electron chi connectivity index (χ0n) is 13.4. The molecule has 0 bridgehead atoms. The number of piperazine rings is 1. The fourth-order valence-corrected chi connectivity index (χ4v) is 4.17. The molecule has 1 aromatic carbocycles. The van der Waals surface area contributed by atoms with Crippen molar-refractivity contribution in [3.05, 3.63) is 28.3 Å². The number of nitrogens with one attached hydrogen (secondary N) is 1. The Morgan fingerprint density at radius 1 is 1.26 bits per heavy atom. The van der Waals surface area contributed by atoms with Gasteiger partial charge in [-0.1, -0.05) is 13.8 Å². The first-order valence-electron chi connectivity index (χ1n) is 7.66. The molecule has 2 rings (SSSR count). The Morgan fingerprint density at radius 2 is 1.87 bits per heavy atom. The third-order valence-corrected chi connectivity index (χ3v) is 5.99. The first kappa shape index (κ1) is 17.6. The molecule has 0 aliphatic carbocycles. The molecule has 1 saturated heterocycles. The van der Waals surface area contributed by atoms with Gasteiger partial charge in [0.1, 0.15) is 5.69 Å². The number of hydrogen-bond acceptors (Lipinski definition) is 6. The van der Waals surface area contributed by atoms with E-state index in [-0.39, 0.29) is 10.6 Å². The highest BCUT2D eigenvalue weighted by atomic mass is 32.2. The fraction of sp³-hybridized carbons (Fsp3) is 0.571. The Kier molecular flexibility index (Phi) is 5.55. The van der Waals surface area contributed by atoms with Crippen molar-refractivity contribution in [2.24, 2.45) is 0 Å². The van der Waals surface area contributed by atoms with Crippen LogP contribution in [0.1, 0.15) is 13.8 Å². The minimum absolute atomic E-state index is 0.0354. The number of nitro benzene ring substituents is 1. The van der Waals surface area contributed by atoms with E-state index in [2.05, 4.69) is 5.32 Å². The summed E-state index contributed by atoms with van der Waals surface area (Å²) < 4.78 is 26.4. The predicted octanol–water partition coefficient (Wildman–Crippen LogP) is 1.03. The van der Waals surface area contributed by atoms with Gasteiger partial charge in [-0.05, 0) is 12.1 Å². The molecule has 1 N–H and O–H groups in total. The largest absolute Gasteiger partial charge is 0.363 e. The van der Waals surface area contributed by atoms with Crippen LogP contribution in [-0.2, 0) is 10.0 Å². The molecule has 1 fully saturated rings. The summed E-state index contributed by atoms with van der Waals surface area (Å²) in [7, 11) is -3.71. The maximum atomic E-state index is 12.5. The van der Waals surface area contributed by atoms with E-state index in [1.54, 1.807) is 19.9 Å². The molecule has 0 atom stereocenters. The Hall–Kier alpha value is -1.71. The second kappa shape index (κ2) is 7.24. The zero-order valence-corrected chi connectivity index (χ0v) is 14.2. The van der Waals surface area contributed by atoms with E-state index >= 15 is 0 Å². The van der Waals surface area contributed by atoms with Crippen LogP contribution in [-0.4, -0.2) is 56.9 Å². The molecule has 8 nitrogen and oxygen atoms in total. The average molecular weight is 342 g/mol. The molecular formula is C14H22N4O4S. The number of nitrogens with zero attached hydrogens (tertiary/aromatic N) is 3. The fourth-order valence-electron chi connectivity index (χ4n) is 2.70. The number of rotatable bonds is 6. The number of anilines is 1. The summed E-state index contributed by atoms with van der Waals surface area (Å²) in [5, 5.41) is 14.6. The molecule has 0 unspecified atom stereocenters. The van der Waals surface area contributed by atoms with Gasteiger partial charge in [-0.2, -0.15) is 4.31 Å². The third kappa shape index (κ3) is 3.62. The highest BCUT2D eigenvalue weighted by Gasteiger charge is 2.27. The standard InChI is InChI=1S/C14H22N4O4S/c1-3-17(4-2)23(21,22)12-5-6-13(14(11-12)18(19)20)16-9-7-15-8-10-16/h5-6,11,15H,3-4,7-10H2,1-2H3. The second-order valence-electron chi connectivity index (χ2n) is 5.23. The SMILES string of the molecule is CCN(CC)S(=O)(=O)c1ccc(N2CCNCC2)c([N+](=O)[O-])c1. The Morgan fingerprint density at radius 3 is 2.39 bits per heavy atom. The quantitative estimate of drug-likeness (QED) is 0.613. The van der Waals surface area contributed by atoms with Crippen molar-refractivity contribution in [3.63, 3.8) is 0 Å². The summed E-state index contributed by atoms with van der Waals surface area (Å²) in [5.74, 6) is 0. The summed E-state index contributed by atoms with van der Waals surface area (Å²) in [6, 6.07) is 4.17. The van der Waals surface area contributed by atoms with Gasteiger partial charge in [-0.15, -0.1) is 0 Å². The summed E-state index contributed by atoms with van der Waals surface area (Å²) in [5.41, 5.74) is 0.301. The zero-order chi connectivity index (χ0) is 17.0. The van der Waals surface area contributed by atoms with Crippen LogP contribution in [0, 0.1) is 10.1 Å². The van der Waals surface area contributed by atoms with Crippen LogP contribution in [0.3, 0.4) is 0 Å². The summed E-state index contributed by atoms with van der Waals surface area (Å²) >= 11 is 0. The first-order valence-corrected chi connectivity index (χ1v) is 9.10. The van der Waals surface area contributed by atoms with Crippen molar-refractivity contribution in [2.45, 2.75) is 18.7 Å². The minimum atomic E-state index is -3.71. The van der Waals surface area contributed by atoms with Gasteiger partial charge >= 0.3 is 0 Å². The van der Waals surface area contributed by atoms with Crippen molar-refractivity contribution in [2.75, 3.05) is 44.2 Å². The number of hydrogen-bond donors (Lipinski definition) is 1. The van der Waals surface area contributed by atoms with Crippen LogP contribution in [0.15, 0.2) is 23.1 Å². The van der Waals surface area contributed by atoms with Gasteiger partial charge < -0.3 is 10.2 Å².